The van der Waals surface area contributed by atoms with Crippen molar-refractivity contribution in [1.29, 1.82) is 0 Å². The van der Waals surface area contributed by atoms with Crippen molar-refractivity contribution in [1.82, 2.24) is 30.1 Å². The third-order valence-corrected chi connectivity index (χ3v) is 6.39. The van der Waals surface area contributed by atoms with Crippen LogP contribution in [-0.4, -0.2) is 54.5 Å². The van der Waals surface area contributed by atoms with Gasteiger partial charge in [-0.25, -0.2) is 4.98 Å². The number of para-hydroxylation sites is 1. The van der Waals surface area contributed by atoms with E-state index in [2.05, 4.69) is 25.7 Å². The van der Waals surface area contributed by atoms with Crippen molar-refractivity contribution < 1.29 is 9.59 Å². The van der Waals surface area contributed by atoms with Crippen LogP contribution in [-0.2, 0) is 16.1 Å². The minimum atomic E-state index is -0.533. The first-order chi connectivity index (χ1) is 15.6. The second kappa shape index (κ2) is 8.46. The number of rotatable bonds is 5. The quantitative estimate of drug-likeness (QED) is 0.504. The number of hydrogen-bond acceptors (Lipinski definition) is 7. The van der Waals surface area contributed by atoms with E-state index in [1.54, 1.807) is 4.90 Å². The number of aryl methyl sites for hydroxylation is 1. The SMILES string of the molecule is Cc1ccc(-c2nnn(CC(=O)N3CCCC3C(=O)Nc3nc4ccccc4s3)n2)cc1. The zero-order valence-electron chi connectivity index (χ0n) is 17.4. The summed E-state index contributed by atoms with van der Waals surface area (Å²) in [5, 5.41) is 15.8. The Balaban J connectivity index is 1.25. The van der Waals surface area contributed by atoms with Crippen LogP contribution in [0.2, 0.25) is 0 Å². The van der Waals surface area contributed by atoms with E-state index in [4.69, 9.17) is 0 Å². The molecular formula is C22H21N7O2S. The number of thiazole rings is 1. The highest BCUT2D eigenvalue weighted by Gasteiger charge is 2.34. The number of carbonyl (C=O) groups excluding carboxylic acids is 2. The predicted molar refractivity (Wildman–Crippen MR) is 121 cm³/mol. The van der Waals surface area contributed by atoms with Gasteiger partial charge in [0.2, 0.25) is 17.6 Å². The van der Waals surface area contributed by atoms with E-state index in [0.29, 0.717) is 23.9 Å². The van der Waals surface area contributed by atoms with Gasteiger partial charge >= 0.3 is 0 Å². The molecule has 2 amide bonds. The third kappa shape index (κ3) is 4.09. The molecule has 162 valence electrons. The molecule has 4 aromatic rings. The molecule has 0 bridgehead atoms. The van der Waals surface area contributed by atoms with E-state index in [9.17, 15) is 9.59 Å². The summed E-state index contributed by atoms with van der Waals surface area (Å²) in [7, 11) is 0. The van der Waals surface area contributed by atoms with Gasteiger partial charge in [0.25, 0.3) is 0 Å². The van der Waals surface area contributed by atoms with E-state index in [0.717, 1.165) is 27.8 Å². The Bertz CT molecular complexity index is 1250. The van der Waals surface area contributed by atoms with E-state index >= 15 is 0 Å². The van der Waals surface area contributed by atoms with E-state index in [-0.39, 0.29) is 18.4 Å². The number of likely N-dealkylation sites (tertiary alicyclic amines) is 1. The molecular weight excluding hydrogens is 426 g/mol. The molecule has 1 saturated heterocycles. The second-order valence-corrected chi connectivity index (χ2v) is 8.76. The second-order valence-electron chi connectivity index (χ2n) is 7.73. The lowest BCUT2D eigenvalue weighted by molar-refractivity contribution is -0.137. The van der Waals surface area contributed by atoms with Gasteiger partial charge in [-0.3, -0.25) is 9.59 Å². The first kappa shape index (κ1) is 20.3. The summed E-state index contributed by atoms with van der Waals surface area (Å²) in [4.78, 5) is 33.1. The summed E-state index contributed by atoms with van der Waals surface area (Å²) < 4.78 is 1.00. The molecule has 1 atom stereocenters. The molecule has 5 rings (SSSR count). The lowest BCUT2D eigenvalue weighted by Crippen LogP contribution is -2.44. The van der Waals surface area contributed by atoms with E-state index in [1.807, 2.05) is 55.5 Å². The van der Waals surface area contributed by atoms with Crippen molar-refractivity contribution in [3.8, 4) is 11.4 Å². The number of nitrogens with zero attached hydrogens (tertiary/aromatic N) is 6. The molecule has 0 radical (unpaired) electrons. The normalized spacial score (nSPS) is 15.9. The molecule has 3 heterocycles. The maximum atomic E-state index is 12.9. The topological polar surface area (TPSA) is 106 Å². The number of nitrogens with one attached hydrogen (secondary N) is 1. The van der Waals surface area contributed by atoms with Crippen LogP contribution < -0.4 is 5.32 Å². The average Bonchev–Trinajstić information content (AvgIpc) is 3.53. The van der Waals surface area contributed by atoms with Crippen molar-refractivity contribution in [2.45, 2.75) is 32.4 Å². The van der Waals surface area contributed by atoms with Gasteiger partial charge in [0.1, 0.15) is 12.6 Å². The molecule has 32 heavy (non-hydrogen) atoms. The number of aromatic nitrogens is 5. The summed E-state index contributed by atoms with van der Waals surface area (Å²) >= 11 is 1.42. The Morgan fingerprint density at radius 2 is 1.97 bits per heavy atom. The Morgan fingerprint density at radius 3 is 2.78 bits per heavy atom. The molecule has 0 saturated carbocycles. The van der Waals surface area contributed by atoms with Gasteiger partial charge in [-0.1, -0.05) is 53.3 Å². The molecule has 1 aliphatic heterocycles. The molecule has 2 aromatic heterocycles. The zero-order valence-corrected chi connectivity index (χ0v) is 18.2. The van der Waals surface area contributed by atoms with Gasteiger partial charge in [-0.15, -0.1) is 10.2 Å². The van der Waals surface area contributed by atoms with Crippen molar-refractivity contribution in [3.05, 3.63) is 54.1 Å². The molecule has 1 aliphatic rings. The van der Waals surface area contributed by atoms with Gasteiger partial charge in [0, 0.05) is 12.1 Å². The smallest absolute Gasteiger partial charge is 0.248 e. The number of amides is 2. The number of hydrogen-bond donors (Lipinski definition) is 1. The number of carbonyl (C=O) groups is 2. The molecule has 1 fully saturated rings. The Labute approximate surface area is 188 Å². The average molecular weight is 448 g/mol. The van der Waals surface area contributed by atoms with Crippen LogP contribution in [0.15, 0.2) is 48.5 Å². The Hall–Kier alpha value is -3.66. The molecule has 1 unspecified atom stereocenters. The number of tetrazole rings is 1. The van der Waals surface area contributed by atoms with E-state index in [1.165, 1.54) is 16.1 Å². The lowest BCUT2D eigenvalue weighted by atomic mass is 10.1. The highest BCUT2D eigenvalue weighted by molar-refractivity contribution is 7.22. The monoisotopic (exact) mass is 447 g/mol. The minimum absolute atomic E-state index is 0.0657. The molecule has 9 nitrogen and oxygen atoms in total. The molecule has 0 aliphatic carbocycles. The van der Waals surface area contributed by atoms with Gasteiger partial charge in [-0.05, 0) is 37.1 Å². The summed E-state index contributed by atoms with van der Waals surface area (Å²) in [6, 6.07) is 15.0. The Kier molecular flexibility index (Phi) is 5.36. The maximum Gasteiger partial charge on any atom is 0.248 e. The van der Waals surface area contributed by atoms with Crippen LogP contribution in [0.1, 0.15) is 18.4 Å². The maximum absolute atomic E-state index is 12.9. The highest BCUT2D eigenvalue weighted by Crippen LogP contribution is 2.27. The summed E-state index contributed by atoms with van der Waals surface area (Å²) in [6.45, 7) is 2.46. The first-order valence-corrected chi connectivity index (χ1v) is 11.2. The van der Waals surface area contributed by atoms with Gasteiger partial charge < -0.3 is 10.2 Å². The molecule has 10 heteroatoms. The van der Waals surface area contributed by atoms with Crippen molar-refractivity contribution in [3.63, 3.8) is 0 Å². The fourth-order valence-corrected chi connectivity index (χ4v) is 4.66. The number of anilines is 1. The van der Waals surface area contributed by atoms with Crippen LogP contribution in [0.3, 0.4) is 0 Å². The minimum Gasteiger partial charge on any atom is -0.329 e. The van der Waals surface area contributed by atoms with Crippen LogP contribution in [0.5, 0.6) is 0 Å². The Morgan fingerprint density at radius 1 is 1.16 bits per heavy atom. The predicted octanol–water partition coefficient (Wildman–Crippen LogP) is 2.89. The fourth-order valence-electron chi connectivity index (χ4n) is 3.79. The lowest BCUT2D eigenvalue weighted by Gasteiger charge is -2.23. The van der Waals surface area contributed by atoms with Gasteiger partial charge in [0.15, 0.2) is 5.13 Å². The largest absolute Gasteiger partial charge is 0.329 e. The van der Waals surface area contributed by atoms with Crippen molar-refractivity contribution >= 4 is 38.5 Å². The zero-order chi connectivity index (χ0) is 22.1. The van der Waals surface area contributed by atoms with Gasteiger partial charge in [-0.2, -0.15) is 4.80 Å². The molecule has 1 N–H and O–H groups in total. The fraction of sp³-hybridized carbons (Fsp3) is 0.273. The number of benzene rings is 2. The van der Waals surface area contributed by atoms with Gasteiger partial charge in [0.05, 0.1) is 10.2 Å². The van der Waals surface area contributed by atoms with Crippen LogP contribution in [0.25, 0.3) is 21.6 Å². The van der Waals surface area contributed by atoms with Crippen molar-refractivity contribution in [2.24, 2.45) is 0 Å². The van der Waals surface area contributed by atoms with Crippen molar-refractivity contribution in [2.75, 3.05) is 11.9 Å². The summed E-state index contributed by atoms with van der Waals surface area (Å²) in [6.07, 6.45) is 1.38. The molecule has 0 spiro atoms. The molecule has 2 aromatic carbocycles. The summed E-state index contributed by atoms with van der Waals surface area (Å²) in [5.74, 6) is 0.0333. The van der Waals surface area contributed by atoms with Crippen LogP contribution in [0, 0.1) is 6.92 Å². The van der Waals surface area contributed by atoms with Crippen LogP contribution >= 0.6 is 11.3 Å². The first-order valence-electron chi connectivity index (χ1n) is 10.4. The highest BCUT2D eigenvalue weighted by atomic mass is 32.1. The summed E-state index contributed by atoms with van der Waals surface area (Å²) in [5.41, 5.74) is 2.82. The van der Waals surface area contributed by atoms with E-state index < -0.39 is 6.04 Å². The van der Waals surface area contributed by atoms with Crippen LogP contribution in [0.4, 0.5) is 5.13 Å². The standard InChI is InChI=1S/C22H21N7O2S/c1-14-8-10-15(11-9-14)20-25-27-29(26-20)13-19(30)28-12-4-6-17(28)21(31)24-22-23-16-5-2-3-7-18(16)32-22/h2-3,5,7-11,17H,4,6,12-13H2,1H3,(H,23,24,31). The third-order valence-electron chi connectivity index (χ3n) is 5.44. The number of fused-ring (bicyclic) bond motifs is 1.